The smallest absolute Gasteiger partial charge is 0.328 e. The van der Waals surface area contributed by atoms with Crippen molar-refractivity contribution >= 4 is 11.7 Å². The molecule has 0 radical (unpaired) electrons. The Hall–Kier alpha value is -1.52. The van der Waals surface area contributed by atoms with Gasteiger partial charge in [-0.15, -0.1) is 0 Å². The maximum Gasteiger partial charge on any atom is 0.328 e. The predicted octanol–water partition coefficient (Wildman–Crippen LogP) is 3.02. The van der Waals surface area contributed by atoms with Crippen molar-refractivity contribution in [1.82, 2.24) is 5.32 Å². The Labute approximate surface area is 118 Å². The lowest BCUT2D eigenvalue weighted by Crippen LogP contribution is -2.43. The Kier molecular flexibility index (Phi) is 5.20. The second kappa shape index (κ2) is 6.29. The quantitative estimate of drug-likeness (QED) is 0.789. The van der Waals surface area contributed by atoms with E-state index in [1.165, 1.54) is 0 Å². The van der Waals surface area contributed by atoms with Crippen LogP contribution in [0.25, 0.3) is 0 Å². The molecule has 0 aromatic heterocycles. The van der Waals surface area contributed by atoms with Gasteiger partial charge in [0.05, 0.1) is 0 Å². The number of allylic oxidation sites excluding steroid dienone is 3. The first-order chi connectivity index (χ1) is 9.13. The fourth-order valence-corrected chi connectivity index (χ4v) is 2.09. The average Bonchev–Trinajstić information content (AvgIpc) is 2.31. The van der Waals surface area contributed by atoms with Gasteiger partial charge in [0.25, 0.3) is 5.91 Å². The number of rotatable bonds is 5. The maximum atomic E-state index is 13.8. The lowest BCUT2D eigenvalue weighted by atomic mass is 9.82. The number of hydrogen-bond acceptors (Lipinski definition) is 2. The van der Waals surface area contributed by atoms with Crippen molar-refractivity contribution in [3.8, 4) is 0 Å². The summed E-state index contributed by atoms with van der Waals surface area (Å²) in [6.45, 7) is 8.60. The molecular weight excluding hydrogens is 264 g/mol. The number of carbonyl (C=O) groups excluding carboxylic acids is 2. The van der Waals surface area contributed by atoms with Crippen molar-refractivity contribution in [2.24, 2.45) is 5.92 Å². The van der Waals surface area contributed by atoms with Gasteiger partial charge in [-0.25, -0.2) is 0 Å². The molecule has 1 atom stereocenters. The molecule has 1 N–H and O–H groups in total. The summed E-state index contributed by atoms with van der Waals surface area (Å²) in [5.41, 5.74) is 0.921. The lowest BCUT2D eigenvalue weighted by molar-refractivity contribution is -0.146. The molecule has 20 heavy (non-hydrogen) atoms. The molecule has 0 saturated heterocycles. The first kappa shape index (κ1) is 16.5. The largest absolute Gasteiger partial charge is 0.349 e. The van der Waals surface area contributed by atoms with Gasteiger partial charge < -0.3 is 5.32 Å². The zero-order valence-corrected chi connectivity index (χ0v) is 12.1. The third kappa shape index (κ3) is 4.25. The number of halogens is 2. The number of alkyl halides is 2. The van der Waals surface area contributed by atoms with E-state index in [9.17, 15) is 18.4 Å². The first-order valence-electron chi connectivity index (χ1n) is 6.70. The van der Waals surface area contributed by atoms with E-state index in [1.807, 2.05) is 0 Å². The zero-order chi connectivity index (χ0) is 15.5. The maximum absolute atomic E-state index is 13.8. The van der Waals surface area contributed by atoms with Crippen molar-refractivity contribution < 1.29 is 18.4 Å². The number of nitrogens with one attached hydrogen (secondary N) is 1. The van der Waals surface area contributed by atoms with E-state index in [-0.39, 0.29) is 29.7 Å². The highest BCUT2D eigenvalue weighted by Crippen LogP contribution is 2.33. The van der Waals surface area contributed by atoms with Crippen molar-refractivity contribution in [2.75, 3.05) is 0 Å². The molecule has 0 aliphatic heterocycles. The van der Waals surface area contributed by atoms with Gasteiger partial charge in [0, 0.05) is 18.9 Å². The fraction of sp³-hybridized carbons (Fsp3) is 0.600. The van der Waals surface area contributed by atoms with Crippen LogP contribution >= 0.6 is 0 Å². The van der Waals surface area contributed by atoms with Gasteiger partial charge in [0.1, 0.15) is 0 Å². The van der Waals surface area contributed by atoms with Gasteiger partial charge in [-0.3, -0.25) is 9.59 Å². The second-order valence-corrected chi connectivity index (χ2v) is 5.61. The average molecular weight is 285 g/mol. The molecule has 0 fully saturated rings. The molecule has 0 spiro atoms. The highest BCUT2D eigenvalue weighted by Gasteiger charge is 2.40. The predicted molar refractivity (Wildman–Crippen MR) is 73.5 cm³/mol. The Morgan fingerprint density at radius 3 is 2.65 bits per heavy atom. The number of ketones is 1. The molecule has 3 nitrogen and oxygen atoms in total. The van der Waals surface area contributed by atoms with Crippen molar-refractivity contribution in [2.45, 2.75) is 52.0 Å². The van der Waals surface area contributed by atoms with E-state index in [0.29, 0.717) is 12.0 Å². The van der Waals surface area contributed by atoms with Crippen LogP contribution in [0.1, 0.15) is 40.0 Å². The van der Waals surface area contributed by atoms with Crippen LogP contribution in [0.4, 0.5) is 8.78 Å². The monoisotopic (exact) mass is 285 g/mol. The van der Waals surface area contributed by atoms with Crippen molar-refractivity contribution in [3.63, 3.8) is 0 Å². The van der Waals surface area contributed by atoms with Crippen LogP contribution < -0.4 is 5.32 Å². The molecule has 1 aliphatic carbocycles. The normalized spacial score (nSPS) is 19.8. The van der Waals surface area contributed by atoms with Crippen LogP contribution in [-0.2, 0) is 9.59 Å². The SMILES string of the molecule is C=C(CC(F)(F)C(=O)NC(C)C)C1CC=C(C)C(=O)C1. The van der Waals surface area contributed by atoms with Crippen LogP contribution in [0.3, 0.4) is 0 Å². The third-order valence-corrected chi connectivity index (χ3v) is 3.36. The molecule has 1 rings (SSSR count). The summed E-state index contributed by atoms with van der Waals surface area (Å²) in [4.78, 5) is 23.0. The van der Waals surface area contributed by atoms with E-state index in [4.69, 9.17) is 0 Å². The van der Waals surface area contributed by atoms with E-state index in [2.05, 4.69) is 11.9 Å². The van der Waals surface area contributed by atoms with Crippen LogP contribution in [0.2, 0.25) is 0 Å². The van der Waals surface area contributed by atoms with Gasteiger partial charge >= 0.3 is 5.92 Å². The summed E-state index contributed by atoms with van der Waals surface area (Å²) in [5.74, 6) is -5.12. The Morgan fingerprint density at radius 2 is 2.15 bits per heavy atom. The van der Waals surface area contributed by atoms with Gasteiger partial charge in [-0.1, -0.05) is 18.2 Å². The standard InChI is InChI=1S/C15H21F2NO2/c1-9(2)18-14(20)15(16,17)8-11(4)12-6-5-10(3)13(19)7-12/h5,9,12H,4,6-8H2,1-3H3,(H,18,20). The van der Waals surface area contributed by atoms with Gasteiger partial charge in [0.15, 0.2) is 5.78 Å². The molecule has 1 amide bonds. The summed E-state index contributed by atoms with van der Waals surface area (Å²) in [6, 6.07) is -0.344. The Bertz CT molecular complexity index is 453. The van der Waals surface area contributed by atoms with E-state index < -0.39 is 18.3 Å². The highest BCUT2D eigenvalue weighted by molar-refractivity contribution is 5.95. The Balaban J connectivity index is 2.66. The highest BCUT2D eigenvalue weighted by atomic mass is 19.3. The fourth-order valence-electron chi connectivity index (χ4n) is 2.09. The van der Waals surface area contributed by atoms with Crippen molar-refractivity contribution in [1.29, 1.82) is 0 Å². The number of carbonyl (C=O) groups is 2. The van der Waals surface area contributed by atoms with E-state index in [0.717, 1.165) is 0 Å². The minimum atomic E-state index is -3.49. The van der Waals surface area contributed by atoms with Crippen LogP contribution in [-0.4, -0.2) is 23.7 Å². The molecule has 0 aromatic carbocycles. The third-order valence-electron chi connectivity index (χ3n) is 3.36. The zero-order valence-electron chi connectivity index (χ0n) is 12.1. The van der Waals surface area contributed by atoms with Gasteiger partial charge in [-0.2, -0.15) is 8.78 Å². The lowest BCUT2D eigenvalue weighted by Gasteiger charge is -2.25. The molecule has 112 valence electrons. The molecule has 1 aliphatic rings. The number of hydrogen-bond donors (Lipinski definition) is 1. The van der Waals surface area contributed by atoms with Gasteiger partial charge in [0.2, 0.25) is 0 Å². The van der Waals surface area contributed by atoms with E-state index >= 15 is 0 Å². The van der Waals surface area contributed by atoms with Gasteiger partial charge in [-0.05, 0) is 38.7 Å². The molecule has 0 aromatic rings. The Morgan fingerprint density at radius 1 is 1.55 bits per heavy atom. The van der Waals surface area contributed by atoms with E-state index in [1.54, 1.807) is 26.8 Å². The molecule has 1 unspecified atom stereocenters. The minimum Gasteiger partial charge on any atom is -0.349 e. The molecule has 0 heterocycles. The number of amides is 1. The molecule has 0 saturated carbocycles. The minimum absolute atomic E-state index is 0.0441. The number of Topliss-reactive ketones (excluding diaryl/α,β-unsaturated/α-hetero) is 1. The molecular formula is C15H21F2NO2. The van der Waals surface area contributed by atoms with Crippen LogP contribution in [0.15, 0.2) is 23.8 Å². The van der Waals surface area contributed by atoms with Crippen LogP contribution in [0, 0.1) is 5.92 Å². The topological polar surface area (TPSA) is 46.2 Å². The summed E-state index contributed by atoms with van der Waals surface area (Å²) in [7, 11) is 0. The first-order valence-corrected chi connectivity index (χ1v) is 6.70. The summed E-state index contributed by atoms with van der Waals surface area (Å²) >= 11 is 0. The van der Waals surface area contributed by atoms with Crippen molar-refractivity contribution in [3.05, 3.63) is 23.8 Å². The summed E-state index contributed by atoms with van der Waals surface area (Å²) < 4.78 is 27.6. The summed E-state index contributed by atoms with van der Waals surface area (Å²) in [5, 5.41) is 2.20. The molecule has 0 bridgehead atoms. The second-order valence-electron chi connectivity index (χ2n) is 5.61. The van der Waals surface area contributed by atoms with Crippen LogP contribution in [0.5, 0.6) is 0 Å². The molecule has 5 heteroatoms. The summed E-state index contributed by atoms with van der Waals surface area (Å²) in [6.07, 6.45) is 1.76.